The van der Waals surface area contributed by atoms with Gasteiger partial charge in [0.25, 0.3) is 0 Å². The van der Waals surface area contributed by atoms with Crippen LogP contribution in [0.3, 0.4) is 0 Å². The topological polar surface area (TPSA) is 87.5 Å². The number of hydrogen-bond donors (Lipinski definition) is 0. The highest BCUT2D eigenvalue weighted by molar-refractivity contribution is 5.78. The van der Waals surface area contributed by atoms with Crippen LogP contribution in [0.1, 0.15) is 12.0 Å². The standard InChI is InChI=1S/C14H16N4O3/c15-17-16-7-11-6-14(19)18(8-11)4-3-10-1-2-12-13(5-10)21-9-20-12/h1-2,5,11H,3-4,6-9H2. The number of amides is 1. The summed E-state index contributed by atoms with van der Waals surface area (Å²) in [5.74, 6) is 1.81. The zero-order chi connectivity index (χ0) is 14.7. The van der Waals surface area contributed by atoms with Crippen molar-refractivity contribution in [3.8, 4) is 11.5 Å². The number of rotatable bonds is 5. The fraction of sp³-hybridized carbons (Fsp3) is 0.500. The van der Waals surface area contributed by atoms with Gasteiger partial charge in [0.1, 0.15) is 0 Å². The van der Waals surface area contributed by atoms with Crippen molar-refractivity contribution in [2.45, 2.75) is 12.8 Å². The number of likely N-dealkylation sites (tertiary alicyclic amines) is 1. The van der Waals surface area contributed by atoms with E-state index in [2.05, 4.69) is 10.0 Å². The van der Waals surface area contributed by atoms with Crippen LogP contribution in [0.4, 0.5) is 0 Å². The number of carbonyl (C=O) groups is 1. The van der Waals surface area contributed by atoms with Gasteiger partial charge in [-0.1, -0.05) is 11.2 Å². The van der Waals surface area contributed by atoms with Gasteiger partial charge < -0.3 is 14.4 Å². The highest BCUT2D eigenvalue weighted by Crippen LogP contribution is 2.32. The van der Waals surface area contributed by atoms with E-state index >= 15 is 0 Å². The second-order valence-corrected chi connectivity index (χ2v) is 5.26. The number of benzene rings is 1. The molecule has 7 nitrogen and oxygen atoms in total. The Balaban J connectivity index is 1.55. The third kappa shape index (κ3) is 3.03. The van der Waals surface area contributed by atoms with E-state index < -0.39 is 0 Å². The fourth-order valence-corrected chi connectivity index (χ4v) is 2.70. The molecule has 1 unspecified atom stereocenters. The molecule has 0 spiro atoms. The molecule has 110 valence electrons. The fourth-order valence-electron chi connectivity index (χ4n) is 2.70. The van der Waals surface area contributed by atoms with Crippen molar-refractivity contribution >= 4 is 5.91 Å². The van der Waals surface area contributed by atoms with Gasteiger partial charge in [-0.15, -0.1) is 0 Å². The monoisotopic (exact) mass is 288 g/mol. The van der Waals surface area contributed by atoms with Crippen molar-refractivity contribution in [1.29, 1.82) is 0 Å². The molecule has 0 N–H and O–H groups in total. The molecule has 1 fully saturated rings. The van der Waals surface area contributed by atoms with E-state index in [4.69, 9.17) is 15.0 Å². The first-order chi connectivity index (χ1) is 10.3. The minimum atomic E-state index is 0.133. The van der Waals surface area contributed by atoms with Gasteiger partial charge in [-0.25, -0.2) is 0 Å². The molecule has 0 aliphatic carbocycles. The molecular formula is C14H16N4O3. The van der Waals surface area contributed by atoms with Gasteiger partial charge in [0, 0.05) is 31.0 Å². The van der Waals surface area contributed by atoms with Crippen LogP contribution in [0.15, 0.2) is 23.3 Å². The zero-order valence-corrected chi connectivity index (χ0v) is 11.6. The number of carbonyl (C=O) groups excluding carboxylic acids is 1. The van der Waals surface area contributed by atoms with E-state index in [0.717, 1.165) is 23.5 Å². The normalized spacial score (nSPS) is 19.7. The number of fused-ring (bicyclic) bond motifs is 1. The Kier molecular flexibility index (Phi) is 3.83. The summed E-state index contributed by atoms with van der Waals surface area (Å²) in [6.07, 6.45) is 1.25. The van der Waals surface area contributed by atoms with E-state index in [-0.39, 0.29) is 18.6 Å². The average molecular weight is 288 g/mol. The molecule has 21 heavy (non-hydrogen) atoms. The number of azide groups is 1. The minimum Gasteiger partial charge on any atom is -0.454 e. The first-order valence-electron chi connectivity index (χ1n) is 6.93. The Morgan fingerprint density at radius 3 is 3.10 bits per heavy atom. The van der Waals surface area contributed by atoms with Crippen molar-refractivity contribution < 1.29 is 14.3 Å². The average Bonchev–Trinajstić information content (AvgIpc) is 3.08. The van der Waals surface area contributed by atoms with Gasteiger partial charge in [0.2, 0.25) is 12.7 Å². The maximum absolute atomic E-state index is 11.9. The first kappa shape index (κ1) is 13.6. The molecule has 1 aromatic rings. The van der Waals surface area contributed by atoms with Crippen LogP contribution in [-0.2, 0) is 11.2 Å². The van der Waals surface area contributed by atoms with E-state index in [1.807, 2.05) is 23.1 Å². The van der Waals surface area contributed by atoms with Crippen molar-refractivity contribution in [1.82, 2.24) is 4.90 Å². The van der Waals surface area contributed by atoms with Crippen molar-refractivity contribution in [3.63, 3.8) is 0 Å². The van der Waals surface area contributed by atoms with Gasteiger partial charge in [-0.05, 0) is 35.6 Å². The van der Waals surface area contributed by atoms with Gasteiger partial charge in [-0.2, -0.15) is 0 Å². The Bertz CT molecular complexity index is 598. The quantitative estimate of drug-likeness (QED) is 0.472. The molecule has 0 bridgehead atoms. The minimum absolute atomic E-state index is 0.133. The van der Waals surface area contributed by atoms with Crippen molar-refractivity contribution in [2.24, 2.45) is 11.0 Å². The molecule has 7 heteroatoms. The Hall–Kier alpha value is -2.40. The summed E-state index contributed by atoms with van der Waals surface area (Å²) in [5, 5.41) is 3.55. The molecule has 2 aliphatic heterocycles. The summed E-state index contributed by atoms with van der Waals surface area (Å²) >= 11 is 0. The summed E-state index contributed by atoms with van der Waals surface area (Å²) in [7, 11) is 0. The molecule has 0 aromatic heterocycles. The molecule has 1 aromatic carbocycles. The maximum atomic E-state index is 11.9. The van der Waals surface area contributed by atoms with E-state index in [1.54, 1.807) is 0 Å². The van der Waals surface area contributed by atoms with Crippen LogP contribution in [0.2, 0.25) is 0 Å². The van der Waals surface area contributed by atoms with Crippen LogP contribution in [0, 0.1) is 5.92 Å². The first-order valence-corrected chi connectivity index (χ1v) is 6.93. The predicted molar refractivity (Wildman–Crippen MR) is 75.0 cm³/mol. The van der Waals surface area contributed by atoms with Crippen molar-refractivity contribution in [3.05, 3.63) is 34.2 Å². The lowest BCUT2D eigenvalue weighted by Gasteiger charge is -2.16. The lowest BCUT2D eigenvalue weighted by atomic mass is 10.1. The molecule has 1 atom stereocenters. The van der Waals surface area contributed by atoms with Crippen LogP contribution in [0.5, 0.6) is 11.5 Å². The van der Waals surface area contributed by atoms with Gasteiger partial charge in [0.05, 0.1) is 0 Å². The Morgan fingerprint density at radius 2 is 2.24 bits per heavy atom. The summed E-state index contributed by atoms with van der Waals surface area (Å²) < 4.78 is 10.6. The summed E-state index contributed by atoms with van der Waals surface area (Å²) in [4.78, 5) is 16.5. The third-order valence-corrected chi connectivity index (χ3v) is 3.81. The summed E-state index contributed by atoms with van der Waals surface area (Å²) in [6, 6.07) is 5.85. The second-order valence-electron chi connectivity index (χ2n) is 5.26. The number of nitrogens with zero attached hydrogens (tertiary/aromatic N) is 4. The lowest BCUT2D eigenvalue weighted by molar-refractivity contribution is -0.127. The molecule has 1 amide bonds. The Morgan fingerprint density at radius 1 is 1.38 bits per heavy atom. The van der Waals surface area contributed by atoms with Crippen molar-refractivity contribution in [2.75, 3.05) is 26.4 Å². The number of hydrogen-bond acceptors (Lipinski definition) is 4. The molecule has 2 aliphatic rings. The summed E-state index contributed by atoms with van der Waals surface area (Å²) in [5.41, 5.74) is 9.44. The molecule has 2 heterocycles. The summed E-state index contributed by atoms with van der Waals surface area (Å²) in [6.45, 7) is 2.00. The molecule has 1 saturated heterocycles. The highest BCUT2D eigenvalue weighted by Gasteiger charge is 2.28. The van der Waals surface area contributed by atoms with E-state index in [0.29, 0.717) is 26.1 Å². The van der Waals surface area contributed by atoms with Crippen LogP contribution in [0.25, 0.3) is 10.4 Å². The van der Waals surface area contributed by atoms with Gasteiger partial charge in [0.15, 0.2) is 11.5 Å². The Labute approximate surface area is 122 Å². The molecule has 3 rings (SSSR count). The molecule has 0 radical (unpaired) electrons. The van der Waals surface area contributed by atoms with Crippen LogP contribution >= 0.6 is 0 Å². The zero-order valence-electron chi connectivity index (χ0n) is 11.6. The maximum Gasteiger partial charge on any atom is 0.231 e. The number of ether oxygens (including phenoxy) is 2. The van der Waals surface area contributed by atoms with Gasteiger partial charge >= 0.3 is 0 Å². The SMILES string of the molecule is [N-]=[N+]=NCC1CC(=O)N(CCc2ccc3c(c2)OCO3)C1. The smallest absolute Gasteiger partial charge is 0.231 e. The molecular weight excluding hydrogens is 272 g/mol. The second kappa shape index (κ2) is 5.93. The van der Waals surface area contributed by atoms with Gasteiger partial charge in [-0.3, -0.25) is 4.79 Å². The predicted octanol–water partition coefficient (Wildman–Crippen LogP) is 2.12. The largest absolute Gasteiger partial charge is 0.454 e. The lowest BCUT2D eigenvalue weighted by Crippen LogP contribution is -2.27. The van der Waals surface area contributed by atoms with Crippen LogP contribution < -0.4 is 9.47 Å². The highest BCUT2D eigenvalue weighted by atomic mass is 16.7. The molecule has 0 saturated carbocycles. The third-order valence-electron chi connectivity index (χ3n) is 3.81. The van der Waals surface area contributed by atoms with E-state index in [9.17, 15) is 4.79 Å². The van der Waals surface area contributed by atoms with Crippen LogP contribution in [-0.4, -0.2) is 37.2 Å². The van der Waals surface area contributed by atoms with E-state index in [1.165, 1.54) is 0 Å².